The minimum absolute atomic E-state index is 0.486. The smallest absolute Gasteiger partial charge is 0.208 e. The first-order valence-corrected chi connectivity index (χ1v) is 8.28. The van der Waals surface area contributed by atoms with Crippen molar-refractivity contribution in [1.29, 1.82) is 0 Å². The van der Waals surface area contributed by atoms with Crippen molar-refractivity contribution in [2.45, 2.75) is 18.9 Å². The van der Waals surface area contributed by atoms with Gasteiger partial charge in [-0.05, 0) is 19.9 Å². The average Bonchev–Trinajstić information content (AvgIpc) is 3.24. The number of likely N-dealkylation sites (N-methyl/N-ethyl adjacent to an activating group) is 1. The molecule has 0 aliphatic carbocycles. The molecule has 2 aromatic heterocycles. The van der Waals surface area contributed by atoms with Crippen LogP contribution in [0.5, 0.6) is 0 Å². The number of hydrogen-bond donors (Lipinski definition) is 0. The summed E-state index contributed by atoms with van der Waals surface area (Å²) in [6, 6.07) is 2.30. The fourth-order valence-corrected chi connectivity index (χ4v) is 3.64. The molecule has 0 radical (unpaired) electrons. The number of methoxy groups -OCH3 is 1. The molecule has 1 fully saturated rings. The molecule has 1 aliphatic rings. The highest BCUT2D eigenvalue weighted by molar-refractivity contribution is 7.18. The summed E-state index contributed by atoms with van der Waals surface area (Å²) in [4.78, 5) is 4.68. The molecule has 1 atom stereocenters. The molecule has 1 unspecified atom stereocenters. The zero-order valence-corrected chi connectivity index (χ0v) is 13.8. The number of aromatic nitrogens is 3. The summed E-state index contributed by atoms with van der Waals surface area (Å²) >= 11 is 1.57. The topological polar surface area (TPSA) is 67.5 Å². The van der Waals surface area contributed by atoms with E-state index in [9.17, 15) is 0 Å². The third kappa shape index (κ3) is 3.45. The van der Waals surface area contributed by atoms with Crippen LogP contribution in [-0.4, -0.2) is 66.7 Å². The lowest BCUT2D eigenvalue weighted by molar-refractivity contribution is 0.158. The molecule has 1 aliphatic heterocycles. The van der Waals surface area contributed by atoms with Crippen LogP contribution in [0.15, 0.2) is 16.9 Å². The Morgan fingerprint density at radius 1 is 1.50 bits per heavy atom. The van der Waals surface area contributed by atoms with Crippen LogP contribution in [0.25, 0.3) is 10.7 Å². The number of nitrogens with zero attached hydrogens (tertiary/aromatic N) is 5. The van der Waals surface area contributed by atoms with Gasteiger partial charge in [0.05, 0.1) is 6.61 Å². The van der Waals surface area contributed by atoms with Gasteiger partial charge in [0.25, 0.3) is 0 Å². The third-order valence-corrected chi connectivity index (χ3v) is 4.88. The molecule has 0 saturated carbocycles. The first-order valence-electron chi connectivity index (χ1n) is 7.46. The average molecular weight is 323 g/mol. The van der Waals surface area contributed by atoms with Gasteiger partial charge in [-0.2, -0.15) is 0 Å². The maximum absolute atomic E-state index is 5.14. The number of hydrogen-bond acceptors (Lipinski definition) is 8. The van der Waals surface area contributed by atoms with Gasteiger partial charge in [0.15, 0.2) is 5.01 Å². The zero-order valence-electron chi connectivity index (χ0n) is 12.9. The molecule has 3 rings (SSSR count). The van der Waals surface area contributed by atoms with Gasteiger partial charge in [-0.15, -0.1) is 10.2 Å². The summed E-state index contributed by atoms with van der Waals surface area (Å²) in [5, 5.41) is 14.3. The fourth-order valence-electron chi connectivity index (χ4n) is 2.73. The van der Waals surface area contributed by atoms with E-state index in [1.807, 2.05) is 6.07 Å². The second-order valence-corrected chi connectivity index (χ2v) is 6.47. The SMILES string of the molecule is COCCN(C)CC1CCCN1c1nnc(-c2ccon2)s1. The van der Waals surface area contributed by atoms with Crippen LogP contribution in [0.2, 0.25) is 0 Å². The summed E-state index contributed by atoms with van der Waals surface area (Å²) in [5.74, 6) is 0. The van der Waals surface area contributed by atoms with Gasteiger partial charge in [-0.1, -0.05) is 16.5 Å². The van der Waals surface area contributed by atoms with E-state index in [0.29, 0.717) is 6.04 Å². The number of anilines is 1. The zero-order chi connectivity index (χ0) is 15.4. The summed E-state index contributed by atoms with van der Waals surface area (Å²) < 4.78 is 10.0. The van der Waals surface area contributed by atoms with Crippen LogP contribution in [0.1, 0.15) is 12.8 Å². The van der Waals surface area contributed by atoms with E-state index in [4.69, 9.17) is 9.26 Å². The highest BCUT2D eigenvalue weighted by atomic mass is 32.1. The second-order valence-electron chi connectivity index (χ2n) is 5.52. The second kappa shape index (κ2) is 7.17. The van der Waals surface area contributed by atoms with Crippen molar-refractivity contribution in [3.8, 4) is 10.7 Å². The Balaban J connectivity index is 1.65. The third-order valence-electron chi connectivity index (χ3n) is 3.89. The fraction of sp³-hybridized carbons (Fsp3) is 0.643. The molecule has 1 saturated heterocycles. The lowest BCUT2D eigenvalue weighted by Crippen LogP contribution is -2.39. The van der Waals surface area contributed by atoms with E-state index in [1.165, 1.54) is 12.8 Å². The number of rotatable bonds is 7. The summed E-state index contributed by atoms with van der Waals surface area (Å²) in [6.07, 6.45) is 3.94. The summed E-state index contributed by atoms with van der Waals surface area (Å²) in [5.41, 5.74) is 0.747. The molecule has 3 heterocycles. The monoisotopic (exact) mass is 323 g/mol. The highest BCUT2D eigenvalue weighted by Crippen LogP contribution is 2.32. The molecular weight excluding hydrogens is 302 g/mol. The van der Waals surface area contributed by atoms with E-state index in [2.05, 4.69) is 32.2 Å². The molecule has 2 aromatic rings. The largest absolute Gasteiger partial charge is 0.383 e. The van der Waals surface area contributed by atoms with Crippen molar-refractivity contribution in [2.24, 2.45) is 0 Å². The molecular formula is C14H21N5O2S. The van der Waals surface area contributed by atoms with Crippen LogP contribution in [0, 0.1) is 0 Å². The van der Waals surface area contributed by atoms with Crippen molar-refractivity contribution in [1.82, 2.24) is 20.3 Å². The van der Waals surface area contributed by atoms with Crippen molar-refractivity contribution in [2.75, 3.05) is 45.3 Å². The quantitative estimate of drug-likeness (QED) is 0.769. The van der Waals surface area contributed by atoms with Crippen molar-refractivity contribution < 1.29 is 9.26 Å². The molecule has 0 amide bonds. The molecule has 8 heteroatoms. The minimum Gasteiger partial charge on any atom is -0.383 e. The van der Waals surface area contributed by atoms with Gasteiger partial charge in [0.2, 0.25) is 5.13 Å². The van der Waals surface area contributed by atoms with E-state index < -0.39 is 0 Å². The Morgan fingerprint density at radius 3 is 3.18 bits per heavy atom. The van der Waals surface area contributed by atoms with E-state index >= 15 is 0 Å². The molecule has 22 heavy (non-hydrogen) atoms. The first kappa shape index (κ1) is 15.4. The predicted octanol–water partition coefficient (Wildman–Crippen LogP) is 1.74. The van der Waals surface area contributed by atoms with E-state index in [-0.39, 0.29) is 0 Å². The highest BCUT2D eigenvalue weighted by Gasteiger charge is 2.28. The summed E-state index contributed by atoms with van der Waals surface area (Å²) in [7, 11) is 3.87. The van der Waals surface area contributed by atoms with E-state index in [1.54, 1.807) is 24.7 Å². The van der Waals surface area contributed by atoms with E-state index in [0.717, 1.165) is 42.1 Å². The van der Waals surface area contributed by atoms with Gasteiger partial charge in [-0.25, -0.2) is 0 Å². The molecule has 120 valence electrons. The molecule has 0 bridgehead atoms. The van der Waals surface area contributed by atoms with Crippen LogP contribution in [0.3, 0.4) is 0 Å². The Labute approximate surface area is 133 Å². The van der Waals surface area contributed by atoms with Gasteiger partial charge < -0.3 is 19.1 Å². The van der Waals surface area contributed by atoms with Crippen LogP contribution < -0.4 is 4.90 Å². The normalized spacial score (nSPS) is 18.5. The molecule has 0 N–H and O–H groups in total. The van der Waals surface area contributed by atoms with Gasteiger partial charge >= 0.3 is 0 Å². The lowest BCUT2D eigenvalue weighted by atomic mass is 10.2. The summed E-state index contributed by atoms with van der Waals surface area (Å²) in [6.45, 7) is 3.76. The van der Waals surface area contributed by atoms with Gasteiger partial charge in [-0.3, -0.25) is 0 Å². The lowest BCUT2D eigenvalue weighted by Gasteiger charge is -2.27. The Kier molecular flexibility index (Phi) is 5.01. The predicted molar refractivity (Wildman–Crippen MR) is 85.1 cm³/mol. The van der Waals surface area contributed by atoms with Crippen molar-refractivity contribution >= 4 is 16.5 Å². The Hall–Kier alpha value is -1.51. The maximum Gasteiger partial charge on any atom is 0.208 e. The Morgan fingerprint density at radius 2 is 2.41 bits per heavy atom. The minimum atomic E-state index is 0.486. The number of ether oxygens (including phenoxy) is 1. The molecule has 0 spiro atoms. The standard InChI is InChI=1S/C14H21N5O2S/c1-18(7-9-20-2)10-11-4-3-6-19(11)14-16-15-13(22-14)12-5-8-21-17-12/h5,8,11H,3-4,6-7,9-10H2,1-2H3. The first-order chi connectivity index (χ1) is 10.8. The van der Waals surface area contributed by atoms with Gasteiger partial charge in [0.1, 0.15) is 12.0 Å². The molecule has 7 nitrogen and oxygen atoms in total. The molecule has 0 aromatic carbocycles. The van der Waals surface area contributed by atoms with Crippen molar-refractivity contribution in [3.05, 3.63) is 12.3 Å². The Bertz CT molecular complexity index is 574. The van der Waals surface area contributed by atoms with Crippen molar-refractivity contribution in [3.63, 3.8) is 0 Å². The van der Waals surface area contributed by atoms with Crippen LogP contribution >= 0.6 is 11.3 Å². The maximum atomic E-state index is 5.14. The van der Waals surface area contributed by atoms with Crippen LogP contribution in [-0.2, 0) is 4.74 Å². The van der Waals surface area contributed by atoms with Crippen LogP contribution in [0.4, 0.5) is 5.13 Å². The van der Waals surface area contributed by atoms with Gasteiger partial charge in [0, 0.05) is 38.9 Å².